The molecule has 4 heteroatoms. The van der Waals surface area contributed by atoms with E-state index in [2.05, 4.69) is 4.74 Å². The third-order valence-electron chi connectivity index (χ3n) is 1.62. The molecule has 13 heavy (non-hydrogen) atoms. The van der Waals surface area contributed by atoms with Gasteiger partial charge < -0.3 is 28.7 Å². The minimum absolute atomic E-state index is 0. The maximum absolute atomic E-state index is 10.8. The van der Waals surface area contributed by atoms with E-state index in [4.69, 9.17) is 0 Å². The molecule has 0 aromatic carbocycles. The summed E-state index contributed by atoms with van der Waals surface area (Å²) in [5.41, 5.74) is 0.972. The third kappa shape index (κ3) is 4.21. The van der Waals surface area contributed by atoms with Crippen molar-refractivity contribution in [2.45, 2.75) is 6.42 Å². The molecule has 0 unspecified atom stereocenters. The molecule has 0 N–H and O–H groups in total. The number of carbonyl (C=O) groups excluding carboxylic acids is 1. The highest BCUT2D eigenvalue weighted by atomic mass is 127. The summed E-state index contributed by atoms with van der Waals surface area (Å²) >= 11 is 0. The number of esters is 1. The van der Waals surface area contributed by atoms with E-state index in [1.807, 2.05) is 36.1 Å². The Morgan fingerprint density at radius 3 is 2.46 bits per heavy atom. The maximum Gasteiger partial charge on any atom is 0.309 e. The minimum Gasteiger partial charge on any atom is -1.00 e. The topological polar surface area (TPSA) is 30.2 Å². The first-order chi connectivity index (χ1) is 5.72. The Balaban J connectivity index is 0.00000144. The molecule has 0 bridgehead atoms. The molecule has 0 atom stereocenters. The van der Waals surface area contributed by atoms with E-state index in [-0.39, 0.29) is 29.9 Å². The molecule has 0 aliphatic heterocycles. The van der Waals surface area contributed by atoms with Gasteiger partial charge in [0.25, 0.3) is 0 Å². The van der Waals surface area contributed by atoms with Gasteiger partial charge in [-0.05, 0) is 5.56 Å². The van der Waals surface area contributed by atoms with Crippen molar-refractivity contribution in [1.29, 1.82) is 0 Å². The monoisotopic (exact) mass is 293 g/mol. The van der Waals surface area contributed by atoms with Crippen molar-refractivity contribution in [1.82, 2.24) is 0 Å². The fourth-order valence-electron chi connectivity index (χ4n) is 0.889. The number of halogens is 1. The number of pyridine rings is 1. The number of hydrogen-bond acceptors (Lipinski definition) is 2. The van der Waals surface area contributed by atoms with Crippen molar-refractivity contribution in [3.05, 3.63) is 30.1 Å². The maximum atomic E-state index is 10.8. The van der Waals surface area contributed by atoms with Gasteiger partial charge in [0.1, 0.15) is 7.05 Å². The Morgan fingerprint density at radius 2 is 2.00 bits per heavy atom. The number of carbonyl (C=O) groups is 1. The average molecular weight is 293 g/mol. The molecule has 1 rings (SSSR count). The van der Waals surface area contributed by atoms with Crippen LogP contribution in [0.5, 0.6) is 0 Å². The highest BCUT2D eigenvalue weighted by molar-refractivity contribution is 5.72. The lowest BCUT2D eigenvalue weighted by Gasteiger charge is -1.97. The highest BCUT2D eigenvalue weighted by Crippen LogP contribution is 1.96. The zero-order chi connectivity index (χ0) is 8.97. The van der Waals surface area contributed by atoms with Gasteiger partial charge in [0, 0.05) is 12.1 Å². The minimum atomic E-state index is -0.205. The summed E-state index contributed by atoms with van der Waals surface area (Å²) in [5, 5.41) is 0. The molecule has 72 valence electrons. The Bertz CT molecular complexity index is 271. The fourth-order valence-corrected chi connectivity index (χ4v) is 0.889. The summed E-state index contributed by atoms with van der Waals surface area (Å²) in [5.74, 6) is -0.205. The van der Waals surface area contributed by atoms with Crippen molar-refractivity contribution in [3.8, 4) is 0 Å². The predicted molar refractivity (Wildman–Crippen MR) is 43.3 cm³/mol. The van der Waals surface area contributed by atoms with Crippen LogP contribution < -0.4 is 28.5 Å². The third-order valence-corrected chi connectivity index (χ3v) is 1.62. The predicted octanol–water partition coefficient (Wildman–Crippen LogP) is -2.77. The van der Waals surface area contributed by atoms with Crippen molar-refractivity contribution < 1.29 is 38.1 Å². The van der Waals surface area contributed by atoms with E-state index in [0.717, 1.165) is 5.56 Å². The molecule has 0 amide bonds. The molecule has 0 saturated carbocycles. The van der Waals surface area contributed by atoms with Crippen LogP contribution >= 0.6 is 0 Å². The van der Waals surface area contributed by atoms with Crippen LogP contribution in [0.2, 0.25) is 0 Å². The van der Waals surface area contributed by atoms with Crippen LogP contribution in [0.1, 0.15) is 5.56 Å². The number of ether oxygens (including phenoxy) is 1. The van der Waals surface area contributed by atoms with Gasteiger partial charge in [-0.1, -0.05) is 0 Å². The summed E-state index contributed by atoms with van der Waals surface area (Å²) in [4.78, 5) is 10.8. The van der Waals surface area contributed by atoms with Crippen LogP contribution in [0, 0.1) is 0 Å². The summed E-state index contributed by atoms with van der Waals surface area (Å²) in [6.45, 7) is 0. The summed E-state index contributed by atoms with van der Waals surface area (Å²) in [6, 6.07) is 3.80. The Morgan fingerprint density at radius 1 is 1.46 bits per heavy atom. The second-order valence-corrected chi connectivity index (χ2v) is 2.62. The zero-order valence-electron chi connectivity index (χ0n) is 7.66. The molecule has 0 spiro atoms. The van der Waals surface area contributed by atoms with Crippen LogP contribution in [-0.2, 0) is 23.0 Å². The molecule has 1 heterocycles. The number of aryl methyl sites for hydroxylation is 1. The van der Waals surface area contributed by atoms with Gasteiger partial charge in [0.15, 0.2) is 12.4 Å². The number of aromatic nitrogens is 1. The quantitative estimate of drug-likeness (QED) is 0.336. The number of nitrogens with zero attached hydrogens (tertiary/aromatic N) is 1. The normalized spacial score (nSPS) is 8.77. The first-order valence-corrected chi connectivity index (χ1v) is 3.73. The fraction of sp³-hybridized carbons (Fsp3) is 0.333. The molecule has 1 aromatic heterocycles. The van der Waals surface area contributed by atoms with Crippen molar-refractivity contribution >= 4 is 5.97 Å². The van der Waals surface area contributed by atoms with Crippen molar-refractivity contribution in [2.75, 3.05) is 7.11 Å². The largest absolute Gasteiger partial charge is 1.00 e. The van der Waals surface area contributed by atoms with Crippen LogP contribution in [0.25, 0.3) is 0 Å². The van der Waals surface area contributed by atoms with E-state index in [1.54, 1.807) is 0 Å². The Labute approximate surface area is 94.7 Å². The molecule has 0 radical (unpaired) electrons. The van der Waals surface area contributed by atoms with Crippen molar-refractivity contribution in [2.24, 2.45) is 7.05 Å². The van der Waals surface area contributed by atoms with E-state index in [1.165, 1.54) is 7.11 Å². The van der Waals surface area contributed by atoms with Gasteiger partial charge in [-0.2, -0.15) is 0 Å². The van der Waals surface area contributed by atoms with Gasteiger partial charge in [-0.15, -0.1) is 0 Å². The summed E-state index contributed by atoms with van der Waals surface area (Å²) in [7, 11) is 3.33. The van der Waals surface area contributed by atoms with Gasteiger partial charge in [-0.25, -0.2) is 4.57 Å². The second-order valence-electron chi connectivity index (χ2n) is 2.62. The molecule has 0 aliphatic carbocycles. The van der Waals surface area contributed by atoms with Gasteiger partial charge in [-0.3, -0.25) is 4.79 Å². The summed E-state index contributed by atoms with van der Waals surface area (Å²) < 4.78 is 6.46. The lowest BCUT2D eigenvalue weighted by molar-refractivity contribution is -0.671. The first-order valence-electron chi connectivity index (χ1n) is 3.73. The van der Waals surface area contributed by atoms with Crippen molar-refractivity contribution in [3.63, 3.8) is 0 Å². The van der Waals surface area contributed by atoms with Gasteiger partial charge in [0.2, 0.25) is 0 Å². The van der Waals surface area contributed by atoms with E-state index in [9.17, 15) is 4.79 Å². The molecule has 1 aromatic rings. The van der Waals surface area contributed by atoms with E-state index in [0.29, 0.717) is 6.42 Å². The number of hydrogen-bond donors (Lipinski definition) is 0. The second kappa shape index (κ2) is 5.90. The van der Waals surface area contributed by atoms with Gasteiger partial charge >= 0.3 is 5.97 Å². The SMILES string of the molecule is COC(=O)Cc1cc[n+](C)cc1.[I-]. The molecule has 0 aliphatic rings. The van der Waals surface area contributed by atoms with Gasteiger partial charge in [0.05, 0.1) is 13.5 Å². The highest BCUT2D eigenvalue weighted by Gasteiger charge is 2.02. The summed E-state index contributed by atoms with van der Waals surface area (Å²) in [6.07, 6.45) is 4.15. The Kier molecular flexibility index (Phi) is 5.61. The lowest BCUT2D eigenvalue weighted by Crippen LogP contribution is -3.00. The van der Waals surface area contributed by atoms with Crippen LogP contribution in [0.15, 0.2) is 24.5 Å². The lowest BCUT2D eigenvalue weighted by atomic mass is 10.2. The molecule has 3 nitrogen and oxygen atoms in total. The molecule has 0 fully saturated rings. The number of rotatable bonds is 2. The first kappa shape index (κ1) is 12.3. The van der Waals surface area contributed by atoms with E-state index >= 15 is 0 Å². The molecular weight excluding hydrogens is 281 g/mol. The number of methoxy groups -OCH3 is 1. The Hall–Kier alpha value is -0.650. The van der Waals surface area contributed by atoms with Crippen LogP contribution in [0.3, 0.4) is 0 Å². The average Bonchev–Trinajstić information content (AvgIpc) is 2.09. The standard InChI is InChI=1S/C9H12NO2.HI/c1-10-5-3-8(4-6-10)7-9(11)12-2;/h3-6H,7H2,1-2H3;1H/q+1;/p-1. The molecule has 0 saturated heterocycles. The molecular formula is C9H12INO2. The van der Waals surface area contributed by atoms with Crippen LogP contribution in [0.4, 0.5) is 0 Å². The zero-order valence-corrected chi connectivity index (χ0v) is 9.82. The smallest absolute Gasteiger partial charge is 0.309 e. The van der Waals surface area contributed by atoms with E-state index < -0.39 is 0 Å². The van der Waals surface area contributed by atoms with Crippen LogP contribution in [-0.4, -0.2) is 13.1 Å².